The first-order valence-corrected chi connectivity index (χ1v) is 7.98. The lowest BCUT2D eigenvalue weighted by Crippen LogP contribution is -2.37. The molecule has 1 fully saturated rings. The van der Waals surface area contributed by atoms with E-state index in [9.17, 15) is 14.7 Å². The molecule has 0 spiro atoms. The lowest BCUT2D eigenvalue weighted by atomic mass is 9.64. The van der Waals surface area contributed by atoms with E-state index < -0.39 is 0 Å². The van der Waals surface area contributed by atoms with Crippen LogP contribution in [0, 0.1) is 17.8 Å². The Morgan fingerprint density at radius 3 is 2.55 bits per heavy atom. The maximum absolute atomic E-state index is 11.8. The molecule has 4 nitrogen and oxygen atoms in total. The highest BCUT2D eigenvalue weighted by molar-refractivity contribution is 5.71. The van der Waals surface area contributed by atoms with Gasteiger partial charge < -0.3 is 14.6 Å². The molecule has 1 aliphatic rings. The third-order valence-corrected chi connectivity index (χ3v) is 4.69. The second kappa shape index (κ2) is 8.08. The van der Waals surface area contributed by atoms with E-state index >= 15 is 0 Å². The van der Waals surface area contributed by atoms with Gasteiger partial charge in [0.15, 0.2) is 0 Å². The highest BCUT2D eigenvalue weighted by Crippen LogP contribution is 2.45. The molecule has 0 unspecified atom stereocenters. The maximum atomic E-state index is 11.8. The molecule has 2 rings (SSSR count). The van der Waals surface area contributed by atoms with E-state index in [0.717, 1.165) is 24.7 Å². The molecule has 0 bridgehead atoms. The number of carbonyl (C=O) groups is 2. The fourth-order valence-electron chi connectivity index (χ4n) is 3.65. The van der Waals surface area contributed by atoms with Crippen LogP contribution in [0.4, 0.5) is 0 Å². The third-order valence-electron chi connectivity index (χ3n) is 4.69. The van der Waals surface area contributed by atoms with Crippen LogP contribution in [0.5, 0.6) is 0 Å². The second-order valence-corrected chi connectivity index (χ2v) is 5.94. The normalized spacial score (nSPS) is 28.1. The average Bonchev–Trinajstić information content (AvgIpc) is 2.55. The first-order valence-electron chi connectivity index (χ1n) is 7.98. The van der Waals surface area contributed by atoms with Crippen molar-refractivity contribution in [2.75, 3.05) is 13.2 Å². The van der Waals surface area contributed by atoms with Crippen molar-refractivity contribution in [3.8, 4) is 0 Å². The largest absolute Gasteiger partial charge is 0.466 e. The number of esters is 1. The molecule has 0 amide bonds. The van der Waals surface area contributed by atoms with Crippen LogP contribution in [0.25, 0.3) is 0 Å². The topological polar surface area (TPSA) is 63.6 Å². The van der Waals surface area contributed by atoms with Gasteiger partial charge in [-0.3, -0.25) is 4.79 Å². The van der Waals surface area contributed by atoms with E-state index in [1.807, 2.05) is 30.3 Å². The van der Waals surface area contributed by atoms with E-state index in [-0.39, 0.29) is 42.7 Å². The molecule has 0 saturated heterocycles. The zero-order valence-corrected chi connectivity index (χ0v) is 13.0. The molecule has 4 atom stereocenters. The predicted octanol–water partition coefficient (Wildman–Crippen LogP) is 2.56. The Bertz CT molecular complexity index is 485. The molecule has 1 aromatic rings. The summed E-state index contributed by atoms with van der Waals surface area (Å²) < 4.78 is 5.03. The molecule has 0 radical (unpaired) electrons. The molecule has 1 saturated carbocycles. The van der Waals surface area contributed by atoms with Crippen LogP contribution in [0.1, 0.15) is 37.7 Å². The highest BCUT2D eigenvalue weighted by atomic mass is 16.5. The molecule has 4 heteroatoms. The van der Waals surface area contributed by atoms with Crippen LogP contribution < -0.4 is 0 Å². The van der Waals surface area contributed by atoms with E-state index in [1.54, 1.807) is 6.92 Å². The number of carbonyl (C=O) groups excluding carboxylic acids is 2. The van der Waals surface area contributed by atoms with Gasteiger partial charge in [-0.2, -0.15) is 0 Å². The van der Waals surface area contributed by atoms with Gasteiger partial charge in [-0.15, -0.1) is 0 Å². The monoisotopic (exact) mass is 304 g/mol. The molecule has 22 heavy (non-hydrogen) atoms. The number of aliphatic hydroxyl groups excluding tert-OH is 1. The van der Waals surface area contributed by atoms with Crippen LogP contribution in [0.15, 0.2) is 30.3 Å². The molecule has 1 aromatic carbocycles. The molecule has 1 aliphatic carbocycles. The van der Waals surface area contributed by atoms with Crippen LogP contribution in [0.2, 0.25) is 0 Å². The summed E-state index contributed by atoms with van der Waals surface area (Å²) in [5.41, 5.74) is 1.06. The van der Waals surface area contributed by atoms with E-state index in [1.165, 1.54) is 0 Å². The molecular formula is C18H24O4. The Labute approximate surface area is 131 Å². The Balaban J connectivity index is 2.22. The SMILES string of the molecule is CCOC(=O)C[C@@H]1CC[C@@H](CO)[C@H](c2ccccc2)[C@H]1C=O. The van der Waals surface area contributed by atoms with Crippen LogP contribution in [0.3, 0.4) is 0 Å². The third kappa shape index (κ3) is 3.74. The van der Waals surface area contributed by atoms with Gasteiger partial charge in [-0.05, 0) is 43.1 Å². The second-order valence-electron chi connectivity index (χ2n) is 5.94. The van der Waals surface area contributed by atoms with Crippen LogP contribution in [-0.4, -0.2) is 30.6 Å². The first kappa shape index (κ1) is 16.7. The summed E-state index contributed by atoms with van der Waals surface area (Å²) >= 11 is 0. The Kier molecular flexibility index (Phi) is 6.13. The van der Waals surface area contributed by atoms with Crippen molar-refractivity contribution in [1.29, 1.82) is 0 Å². The van der Waals surface area contributed by atoms with Gasteiger partial charge in [-0.1, -0.05) is 30.3 Å². The summed E-state index contributed by atoms with van der Waals surface area (Å²) in [7, 11) is 0. The van der Waals surface area contributed by atoms with Gasteiger partial charge in [0.05, 0.1) is 6.61 Å². The predicted molar refractivity (Wildman–Crippen MR) is 83.3 cm³/mol. The first-order chi connectivity index (χ1) is 10.7. The van der Waals surface area contributed by atoms with Crippen molar-refractivity contribution in [2.24, 2.45) is 17.8 Å². The smallest absolute Gasteiger partial charge is 0.306 e. The summed E-state index contributed by atoms with van der Waals surface area (Å²) in [5, 5.41) is 9.68. The Hall–Kier alpha value is -1.68. The fraction of sp³-hybridized carbons (Fsp3) is 0.556. The maximum Gasteiger partial charge on any atom is 0.306 e. The zero-order valence-electron chi connectivity index (χ0n) is 13.0. The lowest BCUT2D eigenvalue weighted by molar-refractivity contribution is -0.145. The van der Waals surface area contributed by atoms with Crippen LogP contribution in [-0.2, 0) is 14.3 Å². The van der Waals surface area contributed by atoms with Gasteiger partial charge in [0, 0.05) is 18.9 Å². The highest BCUT2D eigenvalue weighted by Gasteiger charge is 2.40. The number of aldehydes is 1. The minimum absolute atomic E-state index is 0.00967. The van der Waals surface area contributed by atoms with Crippen molar-refractivity contribution in [3.63, 3.8) is 0 Å². The number of aliphatic hydroxyl groups is 1. The number of ether oxygens (including phenoxy) is 1. The summed E-state index contributed by atoms with van der Waals surface area (Å²) in [6.45, 7) is 2.21. The van der Waals surface area contributed by atoms with Crippen molar-refractivity contribution in [1.82, 2.24) is 0 Å². The van der Waals surface area contributed by atoms with Gasteiger partial charge in [-0.25, -0.2) is 0 Å². The minimum atomic E-state index is -0.252. The van der Waals surface area contributed by atoms with Crippen molar-refractivity contribution in [3.05, 3.63) is 35.9 Å². The summed E-state index contributed by atoms with van der Waals surface area (Å²) in [5.74, 6) is -0.469. The van der Waals surface area contributed by atoms with Gasteiger partial charge in [0.25, 0.3) is 0 Å². The number of hydrogen-bond acceptors (Lipinski definition) is 4. The number of rotatable bonds is 6. The number of hydrogen-bond donors (Lipinski definition) is 1. The van der Waals surface area contributed by atoms with Crippen LogP contribution >= 0.6 is 0 Å². The molecule has 0 heterocycles. The Morgan fingerprint density at radius 2 is 1.95 bits per heavy atom. The molecule has 0 aliphatic heterocycles. The minimum Gasteiger partial charge on any atom is -0.466 e. The average molecular weight is 304 g/mol. The Morgan fingerprint density at radius 1 is 1.27 bits per heavy atom. The zero-order chi connectivity index (χ0) is 15.9. The van der Waals surface area contributed by atoms with E-state index in [0.29, 0.717) is 6.61 Å². The summed E-state index contributed by atoms with van der Waals surface area (Å²) in [6.07, 6.45) is 2.84. The molecular weight excluding hydrogens is 280 g/mol. The van der Waals surface area contributed by atoms with Gasteiger partial charge >= 0.3 is 5.97 Å². The lowest BCUT2D eigenvalue weighted by Gasteiger charge is -2.40. The van der Waals surface area contributed by atoms with E-state index in [2.05, 4.69) is 0 Å². The van der Waals surface area contributed by atoms with Gasteiger partial charge in [0.2, 0.25) is 0 Å². The van der Waals surface area contributed by atoms with Gasteiger partial charge in [0.1, 0.15) is 6.29 Å². The van der Waals surface area contributed by atoms with Crippen molar-refractivity contribution in [2.45, 2.75) is 32.1 Å². The van der Waals surface area contributed by atoms with Crippen molar-refractivity contribution < 1.29 is 19.4 Å². The van der Waals surface area contributed by atoms with Crippen molar-refractivity contribution >= 4 is 12.3 Å². The fourth-order valence-corrected chi connectivity index (χ4v) is 3.65. The quantitative estimate of drug-likeness (QED) is 0.648. The summed E-state index contributed by atoms with van der Waals surface area (Å²) in [6, 6.07) is 9.82. The standard InChI is InChI=1S/C18H24O4/c1-2-22-17(21)10-14-8-9-15(11-19)18(16(14)12-20)13-6-4-3-5-7-13/h3-7,12,14-16,18-19H,2,8-11H2,1H3/t14-,15-,16-,18-/m0/s1. The molecule has 0 aromatic heterocycles. The van der Waals surface area contributed by atoms with E-state index in [4.69, 9.17) is 4.74 Å². The molecule has 120 valence electrons. The molecule has 1 N–H and O–H groups in total. The summed E-state index contributed by atoms with van der Waals surface area (Å²) in [4.78, 5) is 23.5. The number of benzene rings is 1.